The quantitative estimate of drug-likeness (QED) is 0.617. The number of para-hydroxylation sites is 1. The lowest BCUT2D eigenvalue weighted by Crippen LogP contribution is -2.60. The Morgan fingerprint density at radius 2 is 1.77 bits per heavy atom. The van der Waals surface area contributed by atoms with Crippen molar-refractivity contribution < 1.29 is 23.5 Å². The largest absolute Gasteiger partial charge is 0.497 e. The number of nitrogens with zero attached hydrogens (tertiary/aromatic N) is 3. The van der Waals surface area contributed by atoms with E-state index in [4.69, 9.17) is 4.74 Å². The van der Waals surface area contributed by atoms with E-state index in [0.29, 0.717) is 56.4 Å². The van der Waals surface area contributed by atoms with Gasteiger partial charge in [-0.25, -0.2) is 4.39 Å². The zero-order valence-electron chi connectivity index (χ0n) is 19.7. The van der Waals surface area contributed by atoms with Crippen LogP contribution >= 0.6 is 0 Å². The van der Waals surface area contributed by atoms with Gasteiger partial charge in [-0.2, -0.15) is 0 Å². The van der Waals surface area contributed by atoms with Crippen molar-refractivity contribution in [1.82, 2.24) is 15.1 Å². The summed E-state index contributed by atoms with van der Waals surface area (Å²) in [5.41, 5.74) is 1.15. The summed E-state index contributed by atoms with van der Waals surface area (Å²) in [6.07, 6.45) is -0.134. The molecule has 1 unspecified atom stereocenters. The maximum absolute atomic E-state index is 14.1. The number of anilines is 2. The van der Waals surface area contributed by atoms with Crippen LogP contribution < -0.4 is 20.3 Å². The second-order valence-electron chi connectivity index (χ2n) is 8.59. The number of carbonyl (C=O) groups excluding carboxylic acids is 3. The minimum absolute atomic E-state index is 0.134. The fourth-order valence-corrected chi connectivity index (χ4v) is 4.42. The third kappa shape index (κ3) is 6.07. The third-order valence-corrected chi connectivity index (χ3v) is 6.33. The van der Waals surface area contributed by atoms with Crippen LogP contribution in [0.2, 0.25) is 0 Å². The monoisotopic (exact) mass is 483 g/mol. The first-order valence-corrected chi connectivity index (χ1v) is 11.7. The van der Waals surface area contributed by atoms with Gasteiger partial charge in [-0.1, -0.05) is 12.1 Å². The van der Waals surface area contributed by atoms with Crippen molar-refractivity contribution in [2.75, 3.05) is 63.1 Å². The minimum atomic E-state index is -0.866. The van der Waals surface area contributed by atoms with Crippen LogP contribution in [0.25, 0.3) is 0 Å². The van der Waals surface area contributed by atoms with Crippen LogP contribution in [-0.2, 0) is 14.4 Å². The molecule has 2 saturated heterocycles. The van der Waals surface area contributed by atoms with E-state index in [9.17, 15) is 18.8 Å². The summed E-state index contributed by atoms with van der Waals surface area (Å²) in [5, 5.41) is 5.52. The Kier molecular flexibility index (Phi) is 7.81. The summed E-state index contributed by atoms with van der Waals surface area (Å²) in [6, 6.07) is 12.7. The van der Waals surface area contributed by atoms with Gasteiger partial charge in [-0.3, -0.25) is 19.3 Å². The number of rotatable bonds is 7. The molecule has 3 amide bonds. The number of hydrogen-bond acceptors (Lipinski definition) is 6. The number of piperazine rings is 2. The van der Waals surface area contributed by atoms with Gasteiger partial charge in [0, 0.05) is 45.0 Å². The predicted octanol–water partition coefficient (Wildman–Crippen LogP) is 1.31. The van der Waals surface area contributed by atoms with Gasteiger partial charge >= 0.3 is 0 Å². The van der Waals surface area contributed by atoms with Gasteiger partial charge in [0.25, 0.3) is 0 Å². The molecule has 9 nitrogen and oxygen atoms in total. The minimum Gasteiger partial charge on any atom is -0.497 e. The molecule has 2 aliphatic rings. The molecule has 0 saturated carbocycles. The summed E-state index contributed by atoms with van der Waals surface area (Å²) >= 11 is 0. The smallest absolute Gasteiger partial charge is 0.243 e. The van der Waals surface area contributed by atoms with Gasteiger partial charge in [-0.15, -0.1) is 0 Å². The Bertz CT molecular complexity index is 1060. The van der Waals surface area contributed by atoms with Gasteiger partial charge in [0.2, 0.25) is 17.7 Å². The van der Waals surface area contributed by atoms with Crippen molar-refractivity contribution in [3.05, 3.63) is 54.3 Å². The fourth-order valence-electron chi connectivity index (χ4n) is 4.42. The van der Waals surface area contributed by atoms with Crippen LogP contribution in [0.5, 0.6) is 5.75 Å². The molecule has 0 aliphatic carbocycles. The fraction of sp³-hybridized carbons (Fsp3) is 0.400. The maximum Gasteiger partial charge on any atom is 0.243 e. The Morgan fingerprint density at radius 1 is 1.06 bits per heavy atom. The van der Waals surface area contributed by atoms with E-state index in [2.05, 4.69) is 10.6 Å². The van der Waals surface area contributed by atoms with Crippen molar-refractivity contribution in [2.45, 2.75) is 12.5 Å². The van der Waals surface area contributed by atoms with Crippen LogP contribution in [0.15, 0.2) is 48.5 Å². The number of hydrogen-bond donors (Lipinski definition) is 2. The molecule has 0 aromatic heterocycles. The highest BCUT2D eigenvalue weighted by molar-refractivity contribution is 5.97. The second kappa shape index (κ2) is 11.2. The van der Waals surface area contributed by atoms with Gasteiger partial charge in [-0.05, 0) is 36.4 Å². The number of methoxy groups -OCH3 is 1. The molecule has 2 aromatic carbocycles. The summed E-state index contributed by atoms with van der Waals surface area (Å²) < 4.78 is 19.2. The molecule has 4 rings (SSSR count). The highest BCUT2D eigenvalue weighted by Gasteiger charge is 2.35. The van der Waals surface area contributed by atoms with Crippen molar-refractivity contribution in [3.8, 4) is 5.75 Å². The summed E-state index contributed by atoms with van der Waals surface area (Å²) in [4.78, 5) is 43.8. The number of carbonyl (C=O) groups is 3. The molecule has 2 N–H and O–H groups in total. The Morgan fingerprint density at radius 3 is 2.46 bits per heavy atom. The van der Waals surface area contributed by atoms with E-state index in [1.165, 1.54) is 11.0 Å². The van der Waals surface area contributed by atoms with E-state index in [1.54, 1.807) is 49.6 Å². The average molecular weight is 484 g/mol. The lowest BCUT2D eigenvalue weighted by Gasteiger charge is -2.39. The molecule has 2 aliphatic heterocycles. The molecule has 0 spiro atoms. The molecule has 35 heavy (non-hydrogen) atoms. The van der Waals surface area contributed by atoms with Crippen LogP contribution in [0, 0.1) is 5.82 Å². The molecule has 2 heterocycles. The van der Waals surface area contributed by atoms with Gasteiger partial charge in [0.15, 0.2) is 0 Å². The first-order chi connectivity index (χ1) is 16.9. The standard InChI is InChI=1S/C25H30FN5O4/c1-35-19-8-6-18(7-9-19)28-23(32)16-22-25(34)27-10-11-31(22)24(33)17-29-12-14-30(15-13-29)21-5-3-2-4-20(21)26/h2-9,22H,10-17H2,1H3,(H,27,34)(H,28,32). The second-order valence-corrected chi connectivity index (χ2v) is 8.59. The zero-order chi connectivity index (χ0) is 24.8. The van der Waals surface area contributed by atoms with Gasteiger partial charge in [0.1, 0.15) is 17.6 Å². The van der Waals surface area contributed by atoms with Crippen LogP contribution in [-0.4, -0.2) is 86.5 Å². The van der Waals surface area contributed by atoms with E-state index in [1.807, 2.05) is 9.80 Å². The Hall–Kier alpha value is -3.66. The molecule has 0 radical (unpaired) electrons. The molecule has 186 valence electrons. The third-order valence-electron chi connectivity index (χ3n) is 6.33. The number of ether oxygens (including phenoxy) is 1. The molecule has 1 atom stereocenters. The lowest BCUT2D eigenvalue weighted by atomic mass is 10.1. The van der Waals surface area contributed by atoms with Crippen molar-refractivity contribution in [1.29, 1.82) is 0 Å². The zero-order valence-corrected chi connectivity index (χ0v) is 19.7. The number of halogens is 1. The molecule has 2 aromatic rings. The topological polar surface area (TPSA) is 94.2 Å². The molecule has 2 fully saturated rings. The summed E-state index contributed by atoms with van der Waals surface area (Å²) in [7, 11) is 1.56. The number of amides is 3. The summed E-state index contributed by atoms with van der Waals surface area (Å²) in [5.74, 6) is -0.470. The Labute approximate surface area is 203 Å². The van der Waals surface area contributed by atoms with E-state index in [-0.39, 0.29) is 36.5 Å². The van der Waals surface area contributed by atoms with Crippen molar-refractivity contribution >= 4 is 29.1 Å². The molecule has 10 heteroatoms. The van der Waals surface area contributed by atoms with Gasteiger partial charge in [0.05, 0.1) is 25.8 Å². The van der Waals surface area contributed by atoms with E-state index < -0.39 is 6.04 Å². The van der Waals surface area contributed by atoms with Crippen LogP contribution in [0.1, 0.15) is 6.42 Å². The predicted molar refractivity (Wildman–Crippen MR) is 130 cm³/mol. The van der Waals surface area contributed by atoms with E-state index in [0.717, 1.165) is 0 Å². The first kappa shape index (κ1) is 24.5. The van der Waals surface area contributed by atoms with E-state index >= 15 is 0 Å². The average Bonchev–Trinajstić information content (AvgIpc) is 2.86. The maximum atomic E-state index is 14.1. The van der Waals surface area contributed by atoms with Crippen molar-refractivity contribution in [2.24, 2.45) is 0 Å². The number of nitrogens with one attached hydrogen (secondary N) is 2. The van der Waals surface area contributed by atoms with Gasteiger partial charge < -0.3 is 25.2 Å². The van der Waals surface area contributed by atoms with Crippen LogP contribution in [0.4, 0.5) is 15.8 Å². The molecular formula is C25H30FN5O4. The van der Waals surface area contributed by atoms with Crippen LogP contribution in [0.3, 0.4) is 0 Å². The Balaban J connectivity index is 1.32. The number of benzene rings is 2. The highest BCUT2D eigenvalue weighted by Crippen LogP contribution is 2.21. The lowest BCUT2D eigenvalue weighted by molar-refractivity contribution is -0.145. The highest BCUT2D eigenvalue weighted by atomic mass is 19.1. The van der Waals surface area contributed by atoms with Crippen molar-refractivity contribution in [3.63, 3.8) is 0 Å². The SMILES string of the molecule is COc1ccc(NC(=O)CC2C(=O)NCCN2C(=O)CN2CCN(c3ccccc3F)CC2)cc1. The summed E-state index contributed by atoms with van der Waals surface area (Å²) in [6.45, 7) is 3.24. The first-order valence-electron chi connectivity index (χ1n) is 11.7. The molecular weight excluding hydrogens is 453 g/mol. The molecule has 0 bridgehead atoms. The normalized spacial score (nSPS) is 18.7.